The minimum Gasteiger partial charge on any atom is -0.396 e. The molecule has 0 fully saturated rings. The Hall–Kier alpha value is -4.35. The highest BCUT2D eigenvalue weighted by Crippen LogP contribution is 2.43. The minimum absolute atomic E-state index is 0.0156. The zero-order valence-corrected chi connectivity index (χ0v) is 20.8. The number of pyridine rings is 2. The van der Waals surface area contributed by atoms with E-state index in [1.807, 2.05) is 6.07 Å². The van der Waals surface area contributed by atoms with Gasteiger partial charge in [-0.05, 0) is 30.0 Å². The largest absolute Gasteiger partial charge is 0.396 e. The van der Waals surface area contributed by atoms with Crippen LogP contribution in [0.15, 0.2) is 30.6 Å². The van der Waals surface area contributed by atoms with Gasteiger partial charge in [-0.15, -0.1) is 0 Å². The second kappa shape index (κ2) is 8.61. The molecule has 0 radical (unpaired) electrons. The fourth-order valence-corrected chi connectivity index (χ4v) is 5.03. The van der Waals surface area contributed by atoms with Crippen LogP contribution < -0.4 is 16.4 Å². The Kier molecular flexibility index (Phi) is 5.44. The van der Waals surface area contributed by atoms with Crippen LogP contribution in [0.2, 0.25) is 0 Å². The van der Waals surface area contributed by atoms with E-state index >= 15 is 4.39 Å². The number of nitrogen functional groups attached to an aromatic ring is 1. The summed E-state index contributed by atoms with van der Waals surface area (Å²) < 4.78 is 45.9. The fraction of sp³-hybridized carbons (Fsp3) is 0.308. The number of hydrogen-bond donors (Lipinski definition) is 3. The lowest BCUT2D eigenvalue weighted by Crippen LogP contribution is -2.29. The predicted molar refractivity (Wildman–Crippen MR) is 138 cm³/mol. The number of aromatic nitrogens is 4. The zero-order valence-electron chi connectivity index (χ0n) is 20.8. The van der Waals surface area contributed by atoms with Gasteiger partial charge in [-0.3, -0.25) is 14.5 Å². The van der Waals surface area contributed by atoms with Crippen LogP contribution in [-0.4, -0.2) is 50.7 Å². The second-order valence-electron chi connectivity index (χ2n) is 9.71. The first-order valence-electron chi connectivity index (χ1n) is 12.2. The molecule has 0 aliphatic carbocycles. The standard InChI is InChI=1S/C26H25F3N8O/c1-13-17(10-33-25-24(13)31-5-4-26(25,28)29)16-7-14-8-19(32-11-18(14)23(30)22(16)27)34-20-9-15-3-6-36(2)21(38)12-37(15)35-20/h7-11,31H,3-6,12,30H2,1-2H3,(H,32,34,35). The smallest absolute Gasteiger partial charge is 0.293 e. The van der Waals surface area contributed by atoms with Gasteiger partial charge in [-0.1, -0.05) is 0 Å². The van der Waals surface area contributed by atoms with Crippen LogP contribution in [0, 0.1) is 12.7 Å². The molecule has 12 heteroatoms. The summed E-state index contributed by atoms with van der Waals surface area (Å²) >= 11 is 0. The van der Waals surface area contributed by atoms with Gasteiger partial charge in [0.25, 0.3) is 5.92 Å². The Labute approximate surface area is 215 Å². The van der Waals surface area contributed by atoms with Crippen molar-refractivity contribution in [3.63, 3.8) is 0 Å². The van der Waals surface area contributed by atoms with Crippen molar-refractivity contribution in [3.8, 4) is 11.1 Å². The monoisotopic (exact) mass is 522 g/mol. The molecule has 3 aromatic heterocycles. The van der Waals surface area contributed by atoms with Crippen molar-refractivity contribution in [3.05, 3.63) is 53.4 Å². The number of nitrogens with one attached hydrogen (secondary N) is 2. The molecule has 4 aromatic rings. The SMILES string of the molecule is Cc1c(-c2cc3cc(Nc4cc5n(n4)CC(=O)N(C)CC5)ncc3c(N)c2F)cnc2c1NCCC2(F)F. The highest BCUT2D eigenvalue weighted by atomic mass is 19.3. The summed E-state index contributed by atoms with van der Waals surface area (Å²) in [5, 5.41) is 11.6. The molecule has 1 amide bonds. The number of anilines is 4. The van der Waals surface area contributed by atoms with Gasteiger partial charge in [0.1, 0.15) is 18.1 Å². The van der Waals surface area contributed by atoms with Crippen molar-refractivity contribution < 1.29 is 18.0 Å². The molecule has 196 valence electrons. The third-order valence-electron chi connectivity index (χ3n) is 7.25. The molecule has 4 N–H and O–H groups in total. The normalized spacial score (nSPS) is 16.6. The second-order valence-corrected chi connectivity index (χ2v) is 9.71. The summed E-state index contributed by atoms with van der Waals surface area (Å²) in [7, 11) is 1.77. The summed E-state index contributed by atoms with van der Waals surface area (Å²) in [5.41, 5.74) is 7.88. The van der Waals surface area contributed by atoms with Crippen molar-refractivity contribution in [2.75, 3.05) is 36.5 Å². The Morgan fingerprint density at radius 2 is 1.95 bits per heavy atom. The van der Waals surface area contributed by atoms with E-state index < -0.39 is 11.7 Å². The minimum atomic E-state index is -3.05. The Morgan fingerprint density at radius 3 is 2.76 bits per heavy atom. The van der Waals surface area contributed by atoms with Gasteiger partial charge in [0.05, 0.1) is 11.4 Å². The van der Waals surface area contributed by atoms with E-state index in [4.69, 9.17) is 5.73 Å². The summed E-state index contributed by atoms with van der Waals surface area (Å²) in [6.07, 6.45) is 3.07. The van der Waals surface area contributed by atoms with E-state index in [1.54, 1.807) is 35.7 Å². The molecule has 5 heterocycles. The van der Waals surface area contributed by atoms with Gasteiger partial charge in [-0.25, -0.2) is 9.37 Å². The lowest BCUT2D eigenvalue weighted by molar-refractivity contribution is -0.130. The highest BCUT2D eigenvalue weighted by molar-refractivity contribution is 5.98. The molecule has 0 saturated heterocycles. The van der Waals surface area contributed by atoms with Crippen molar-refractivity contribution in [2.45, 2.75) is 32.2 Å². The summed E-state index contributed by atoms with van der Waals surface area (Å²) in [6, 6.07) is 5.20. The molecule has 1 aromatic carbocycles. The Balaban J connectivity index is 1.37. The number of carbonyl (C=O) groups excluding carboxylic acids is 1. The van der Waals surface area contributed by atoms with Gasteiger partial charge in [-0.2, -0.15) is 13.9 Å². The van der Waals surface area contributed by atoms with Gasteiger partial charge in [0.2, 0.25) is 5.91 Å². The number of halogens is 3. The maximum Gasteiger partial charge on any atom is 0.293 e. The molecule has 0 saturated carbocycles. The van der Waals surface area contributed by atoms with Crippen LogP contribution >= 0.6 is 0 Å². The van der Waals surface area contributed by atoms with Crippen LogP contribution in [0.3, 0.4) is 0 Å². The first kappa shape index (κ1) is 24.0. The fourth-order valence-electron chi connectivity index (χ4n) is 5.03. The summed E-state index contributed by atoms with van der Waals surface area (Å²) in [5.74, 6) is -2.75. The lowest BCUT2D eigenvalue weighted by Gasteiger charge is -2.27. The maximum atomic E-state index is 15.4. The molecular weight excluding hydrogens is 497 g/mol. The van der Waals surface area contributed by atoms with E-state index in [2.05, 4.69) is 25.7 Å². The van der Waals surface area contributed by atoms with E-state index in [9.17, 15) is 13.6 Å². The third kappa shape index (κ3) is 3.87. The number of nitrogens with two attached hydrogens (primary N) is 1. The van der Waals surface area contributed by atoms with Gasteiger partial charge < -0.3 is 21.3 Å². The van der Waals surface area contributed by atoms with Gasteiger partial charge in [0, 0.05) is 73.6 Å². The Morgan fingerprint density at radius 1 is 1.13 bits per heavy atom. The molecule has 38 heavy (non-hydrogen) atoms. The molecule has 0 bridgehead atoms. The number of carbonyl (C=O) groups is 1. The number of alkyl halides is 2. The Bertz CT molecular complexity index is 1620. The van der Waals surface area contributed by atoms with E-state index in [-0.39, 0.29) is 48.0 Å². The molecule has 0 atom stereocenters. The van der Waals surface area contributed by atoms with Crippen LogP contribution in [0.25, 0.3) is 21.9 Å². The number of fused-ring (bicyclic) bond motifs is 3. The van der Waals surface area contributed by atoms with Crippen LogP contribution in [0.4, 0.5) is 36.2 Å². The number of rotatable bonds is 3. The van der Waals surface area contributed by atoms with Crippen molar-refractivity contribution in [2.24, 2.45) is 0 Å². The molecule has 0 unspecified atom stereocenters. The first-order chi connectivity index (χ1) is 18.1. The van der Waals surface area contributed by atoms with Gasteiger partial charge in [0.15, 0.2) is 11.6 Å². The molecule has 0 spiro atoms. The van der Waals surface area contributed by atoms with Crippen molar-refractivity contribution in [1.29, 1.82) is 0 Å². The molecule has 9 nitrogen and oxygen atoms in total. The molecular formula is C26H25F3N8O. The average molecular weight is 523 g/mol. The van der Waals surface area contributed by atoms with Crippen LogP contribution in [-0.2, 0) is 23.7 Å². The third-order valence-corrected chi connectivity index (χ3v) is 7.25. The maximum absolute atomic E-state index is 15.4. The van der Waals surface area contributed by atoms with Crippen LogP contribution in [0.1, 0.15) is 23.4 Å². The van der Waals surface area contributed by atoms with Crippen molar-refractivity contribution >= 4 is 39.7 Å². The zero-order chi connectivity index (χ0) is 26.8. The van der Waals surface area contributed by atoms with Crippen LogP contribution in [0.5, 0.6) is 0 Å². The molecule has 6 rings (SSSR count). The number of likely N-dealkylation sites (N-methyl/N-ethyl adjacent to an activating group) is 1. The first-order valence-corrected chi connectivity index (χ1v) is 12.2. The predicted octanol–water partition coefficient (Wildman–Crippen LogP) is 4.19. The molecule has 2 aliphatic rings. The summed E-state index contributed by atoms with van der Waals surface area (Å²) in [6.45, 7) is 2.52. The van der Waals surface area contributed by atoms with Crippen molar-refractivity contribution in [1.82, 2.24) is 24.6 Å². The van der Waals surface area contributed by atoms with E-state index in [1.165, 1.54) is 12.4 Å². The quantitative estimate of drug-likeness (QED) is 0.346. The van der Waals surface area contributed by atoms with E-state index in [0.29, 0.717) is 46.5 Å². The number of hydrogen-bond acceptors (Lipinski definition) is 7. The summed E-state index contributed by atoms with van der Waals surface area (Å²) in [4.78, 5) is 22.2. The number of amides is 1. The number of nitrogens with zero attached hydrogens (tertiary/aromatic N) is 5. The number of benzene rings is 1. The van der Waals surface area contributed by atoms with Gasteiger partial charge >= 0.3 is 0 Å². The average Bonchev–Trinajstić information content (AvgIpc) is 3.19. The lowest BCUT2D eigenvalue weighted by atomic mass is 9.94. The topological polar surface area (TPSA) is 114 Å². The van der Waals surface area contributed by atoms with E-state index in [0.717, 1.165) is 5.69 Å². The molecule has 2 aliphatic heterocycles. The highest BCUT2D eigenvalue weighted by Gasteiger charge is 2.39.